The van der Waals surface area contributed by atoms with Gasteiger partial charge in [-0.15, -0.1) is 0 Å². The Hall–Kier alpha value is -1.88. The van der Waals surface area contributed by atoms with Gasteiger partial charge in [-0.3, -0.25) is 29.0 Å². The van der Waals surface area contributed by atoms with Gasteiger partial charge in [-0.25, -0.2) is 0 Å². The van der Waals surface area contributed by atoms with Crippen LogP contribution in [0, 0.1) is 11.8 Å². The highest BCUT2D eigenvalue weighted by atomic mass is 16.5. The Morgan fingerprint density at radius 3 is 1.35 bits per heavy atom. The first-order valence-electron chi connectivity index (χ1n) is 12.2. The molecule has 0 radical (unpaired) electrons. The monoisotopic (exact) mass is 480 g/mol. The number of fused-ring (bicyclic) bond motifs is 6. The Labute approximate surface area is 200 Å². The van der Waals surface area contributed by atoms with Crippen LogP contribution in [0.2, 0.25) is 0 Å². The molecule has 6 rings (SSSR count). The minimum absolute atomic E-state index is 0.0123. The number of carbonyl (C=O) groups excluding carboxylic acids is 4. The smallest absolute Gasteiger partial charge is 0.306 e. The predicted molar refractivity (Wildman–Crippen MR) is 119 cm³/mol. The first-order chi connectivity index (χ1) is 16.4. The van der Waals surface area contributed by atoms with Crippen molar-refractivity contribution in [2.75, 3.05) is 66.8 Å². The summed E-state index contributed by atoms with van der Waals surface area (Å²) >= 11 is 0. The second kappa shape index (κ2) is 10.4. The van der Waals surface area contributed by atoms with Gasteiger partial charge in [-0.1, -0.05) is 0 Å². The zero-order chi connectivity index (χ0) is 24.3. The van der Waals surface area contributed by atoms with Crippen LogP contribution in [0.3, 0.4) is 0 Å². The van der Waals surface area contributed by atoms with E-state index in [0.29, 0.717) is 0 Å². The molecule has 6 heterocycles. The number of nitrogens with zero attached hydrogens (tertiary/aromatic N) is 2. The van der Waals surface area contributed by atoms with Crippen LogP contribution in [0.15, 0.2) is 0 Å². The van der Waals surface area contributed by atoms with E-state index in [9.17, 15) is 19.2 Å². The molecule has 0 aromatic rings. The molecule has 0 unspecified atom stereocenters. The molecule has 10 heteroatoms. The van der Waals surface area contributed by atoms with Crippen molar-refractivity contribution in [2.24, 2.45) is 11.8 Å². The second-order valence-corrected chi connectivity index (χ2v) is 10.0. The summed E-state index contributed by atoms with van der Waals surface area (Å²) in [5.41, 5.74) is -1.87. The average molecular weight is 481 g/mol. The summed E-state index contributed by atoms with van der Waals surface area (Å²) in [7, 11) is 3.07. The minimum atomic E-state index is -0.937. The fourth-order valence-electron chi connectivity index (χ4n) is 6.17. The third-order valence-electron chi connectivity index (χ3n) is 8.10. The quantitative estimate of drug-likeness (QED) is 0.381. The zero-order valence-corrected chi connectivity index (χ0v) is 20.2. The predicted octanol–water partition coefficient (Wildman–Crippen LogP) is 0.213. The SMILES string of the molecule is COC[C@@]1(COC(=O)CCC(=O)OC[C@]2(COC)C(=O)C3CCN2CC3)C(=O)C2CCN1CC2. The summed E-state index contributed by atoms with van der Waals surface area (Å²) < 4.78 is 21.5. The Morgan fingerprint density at radius 1 is 0.706 bits per heavy atom. The Morgan fingerprint density at radius 2 is 1.06 bits per heavy atom. The van der Waals surface area contributed by atoms with Gasteiger partial charge < -0.3 is 18.9 Å². The lowest BCUT2D eigenvalue weighted by atomic mass is 9.74. The normalized spacial score (nSPS) is 36.5. The summed E-state index contributed by atoms with van der Waals surface area (Å²) in [5, 5.41) is 0. The summed E-state index contributed by atoms with van der Waals surface area (Å²) in [5.74, 6) is -1.01. The lowest BCUT2D eigenvalue weighted by Gasteiger charge is -2.51. The largest absolute Gasteiger partial charge is 0.463 e. The number of hydrogen-bond acceptors (Lipinski definition) is 10. The molecule has 2 atom stereocenters. The highest BCUT2D eigenvalue weighted by Crippen LogP contribution is 2.38. The Bertz CT molecular complexity index is 737. The fraction of sp³-hybridized carbons (Fsp3) is 0.833. The Kier molecular flexibility index (Phi) is 7.71. The number of esters is 2. The lowest BCUT2D eigenvalue weighted by molar-refractivity contribution is -0.171. The Balaban J connectivity index is 1.26. The van der Waals surface area contributed by atoms with Gasteiger partial charge in [0.05, 0.1) is 26.1 Å². The van der Waals surface area contributed by atoms with Crippen LogP contribution < -0.4 is 0 Å². The van der Waals surface area contributed by atoms with Gasteiger partial charge in [-0.2, -0.15) is 0 Å². The zero-order valence-electron chi connectivity index (χ0n) is 20.2. The highest BCUT2D eigenvalue weighted by Gasteiger charge is 2.55. The molecular formula is C24H36N2O8. The molecule has 190 valence electrons. The molecule has 0 amide bonds. The maximum absolute atomic E-state index is 12.9. The van der Waals surface area contributed by atoms with Gasteiger partial charge in [0.2, 0.25) is 0 Å². The van der Waals surface area contributed by atoms with Crippen LogP contribution in [0.25, 0.3) is 0 Å². The van der Waals surface area contributed by atoms with Gasteiger partial charge in [0.1, 0.15) is 24.3 Å². The van der Waals surface area contributed by atoms with Crippen molar-refractivity contribution in [3.8, 4) is 0 Å². The number of Topliss-reactive ketones (excluding diaryl/α,β-unsaturated/α-hetero) is 2. The van der Waals surface area contributed by atoms with E-state index in [1.54, 1.807) is 0 Å². The standard InChI is InChI=1S/C24H36N2O8/c1-31-13-23(21(29)17-5-9-25(23)10-6-17)15-33-19(27)3-4-20(28)34-16-24(14-32-2)22(30)18-7-11-26(24)12-8-18/h17-18H,3-16H2,1-2H3/t23-,24-/m1/s1. The van der Waals surface area contributed by atoms with Crippen molar-refractivity contribution in [3.05, 3.63) is 0 Å². The molecule has 6 aliphatic heterocycles. The van der Waals surface area contributed by atoms with Crippen LogP contribution in [0.1, 0.15) is 38.5 Å². The first-order valence-corrected chi connectivity index (χ1v) is 12.2. The van der Waals surface area contributed by atoms with Crippen LogP contribution >= 0.6 is 0 Å². The fourth-order valence-corrected chi connectivity index (χ4v) is 6.17. The number of hydrogen-bond donors (Lipinski definition) is 0. The molecule has 0 aliphatic carbocycles. The van der Waals surface area contributed by atoms with Gasteiger partial charge in [0, 0.05) is 52.2 Å². The van der Waals surface area contributed by atoms with E-state index in [4.69, 9.17) is 18.9 Å². The summed E-state index contributed by atoms with van der Waals surface area (Å²) in [6, 6.07) is 0. The van der Waals surface area contributed by atoms with Crippen LogP contribution in [-0.4, -0.2) is 111 Å². The molecule has 0 spiro atoms. The number of carbonyl (C=O) groups is 4. The summed E-state index contributed by atoms with van der Waals surface area (Å²) in [4.78, 5) is 54.8. The van der Waals surface area contributed by atoms with E-state index in [1.165, 1.54) is 14.2 Å². The highest BCUT2D eigenvalue weighted by molar-refractivity contribution is 5.93. The molecule has 0 aromatic heterocycles. The van der Waals surface area contributed by atoms with E-state index in [0.717, 1.165) is 51.9 Å². The second-order valence-electron chi connectivity index (χ2n) is 10.0. The number of rotatable bonds is 11. The van der Waals surface area contributed by atoms with Crippen LogP contribution in [0.4, 0.5) is 0 Å². The van der Waals surface area contributed by atoms with E-state index in [2.05, 4.69) is 9.80 Å². The van der Waals surface area contributed by atoms with Gasteiger partial charge >= 0.3 is 11.9 Å². The first kappa shape index (κ1) is 25.2. The number of methoxy groups -OCH3 is 2. The maximum Gasteiger partial charge on any atom is 0.306 e. The average Bonchev–Trinajstić information content (AvgIpc) is 2.86. The van der Waals surface area contributed by atoms with E-state index in [1.807, 2.05) is 0 Å². The number of ether oxygens (including phenoxy) is 4. The van der Waals surface area contributed by atoms with E-state index >= 15 is 0 Å². The molecule has 4 bridgehead atoms. The van der Waals surface area contributed by atoms with Crippen molar-refractivity contribution in [3.63, 3.8) is 0 Å². The molecule has 0 N–H and O–H groups in total. The van der Waals surface area contributed by atoms with E-state index < -0.39 is 23.0 Å². The molecule has 0 aromatic carbocycles. The third-order valence-corrected chi connectivity index (χ3v) is 8.10. The van der Waals surface area contributed by atoms with Crippen molar-refractivity contribution in [1.82, 2.24) is 9.80 Å². The maximum atomic E-state index is 12.9. The van der Waals surface area contributed by atoms with Crippen LogP contribution in [0.5, 0.6) is 0 Å². The topological polar surface area (TPSA) is 112 Å². The lowest BCUT2D eigenvalue weighted by Crippen LogP contribution is -2.69. The van der Waals surface area contributed by atoms with Crippen molar-refractivity contribution >= 4 is 23.5 Å². The summed E-state index contributed by atoms with van der Waals surface area (Å²) in [6.07, 6.45) is 3.00. The number of ketones is 2. The van der Waals surface area contributed by atoms with Gasteiger partial charge in [-0.05, 0) is 25.7 Å². The van der Waals surface area contributed by atoms with Crippen LogP contribution in [-0.2, 0) is 38.1 Å². The third kappa shape index (κ3) is 4.53. The molecule has 0 saturated carbocycles. The van der Waals surface area contributed by atoms with Gasteiger partial charge in [0.15, 0.2) is 11.6 Å². The van der Waals surface area contributed by atoms with Crippen molar-refractivity contribution < 1.29 is 38.1 Å². The van der Waals surface area contributed by atoms with Crippen molar-refractivity contribution in [1.29, 1.82) is 0 Å². The molecule has 6 saturated heterocycles. The molecule has 6 aliphatic rings. The van der Waals surface area contributed by atoms with E-state index in [-0.39, 0.29) is 62.7 Å². The van der Waals surface area contributed by atoms with Crippen molar-refractivity contribution in [2.45, 2.75) is 49.6 Å². The molecule has 6 fully saturated rings. The molecular weight excluding hydrogens is 444 g/mol. The summed E-state index contributed by atoms with van der Waals surface area (Å²) in [6.45, 7) is 3.31. The molecule has 34 heavy (non-hydrogen) atoms. The minimum Gasteiger partial charge on any atom is -0.463 e. The molecule has 10 nitrogen and oxygen atoms in total. The number of piperidine rings is 6. The van der Waals surface area contributed by atoms with Gasteiger partial charge in [0.25, 0.3) is 0 Å².